The molecule has 0 aliphatic carbocycles. The maximum Gasteiger partial charge on any atom is 0.251 e. The maximum atomic E-state index is 12.7. The van der Waals surface area contributed by atoms with E-state index in [1.807, 2.05) is 0 Å². The maximum absolute atomic E-state index is 12.7. The van der Waals surface area contributed by atoms with E-state index in [0.29, 0.717) is 12.2 Å². The summed E-state index contributed by atoms with van der Waals surface area (Å²) in [5.41, 5.74) is 0.589. The molecular formula is C11H11FN2O3. The fourth-order valence-corrected chi connectivity index (χ4v) is 1.63. The van der Waals surface area contributed by atoms with Gasteiger partial charge in [0.05, 0.1) is 6.54 Å². The van der Waals surface area contributed by atoms with Crippen LogP contribution in [0.2, 0.25) is 0 Å². The van der Waals surface area contributed by atoms with E-state index in [0.717, 1.165) is 0 Å². The standard InChI is InChI=1S/C11H11FN2O3/c12-7-1-3-8(4-2-7)14-5-9(11(14)17)13-10(16)6-15/h1-4,9,15H,5-6H2,(H,13,16)/t9-/m0/s1. The Balaban J connectivity index is 1.97. The third-order valence-corrected chi connectivity index (χ3v) is 2.55. The Morgan fingerprint density at radius 2 is 2.12 bits per heavy atom. The highest BCUT2D eigenvalue weighted by molar-refractivity contribution is 6.05. The summed E-state index contributed by atoms with van der Waals surface area (Å²) in [7, 11) is 0. The molecule has 5 nitrogen and oxygen atoms in total. The van der Waals surface area contributed by atoms with Crippen LogP contribution in [0.1, 0.15) is 0 Å². The minimum Gasteiger partial charge on any atom is -0.387 e. The molecule has 0 aromatic heterocycles. The van der Waals surface area contributed by atoms with Crippen LogP contribution in [-0.4, -0.2) is 36.1 Å². The van der Waals surface area contributed by atoms with Gasteiger partial charge in [-0.25, -0.2) is 4.39 Å². The quantitative estimate of drug-likeness (QED) is 0.707. The number of rotatable bonds is 3. The zero-order valence-electron chi connectivity index (χ0n) is 8.89. The van der Waals surface area contributed by atoms with Crippen LogP contribution in [0.5, 0.6) is 0 Å². The number of aliphatic hydroxyl groups is 1. The summed E-state index contributed by atoms with van der Waals surface area (Å²) in [5, 5.41) is 10.9. The van der Waals surface area contributed by atoms with E-state index in [9.17, 15) is 14.0 Å². The zero-order valence-corrected chi connectivity index (χ0v) is 8.89. The molecule has 0 spiro atoms. The number of carbonyl (C=O) groups is 2. The Labute approximate surface area is 96.8 Å². The summed E-state index contributed by atoms with van der Waals surface area (Å²) in [4.78, 5) is 23.9. The highest BCUT2D eigenvalue weighted by Crippen LogP contribution is 2.22. The predicted molar refractivity (Wildman–Crippen MR) is 57.8 cm³/mol. The molecule has 2 N–H and O–H groups in total. The van der Waals surface area contributed by atoms with Crippen LogP contribution >= 0.6 is 0 Å². The third kappa shape index (κ3) is 2.26. The number of benzene rings is 1. The molecule has 0 bridgehead atoms. The lowest BCUT2D eigenvalue weighted by molar-refractivity contribution is -0.131. The molecule has 1 aliphatic rings. The van der Waals surface area contributed by atoms with Crippen molar-refractivity contribution < 1.29 is 19.1 Å². The van der Waals surface area contributed by atoms with Gasteiger partial charge in [-0.3, -0.25) is 9.59 Å². The molecule has 0 saturated carbocycles. The van der Waals surface area contributed by atoms with Gasteiger partial charge in [-0.2, -0.15) is 0 Å². The van der Waals surface area contributed by atoms with Crippen molar-refractivity contribution in [2.45, 2.75) is 6.04 Å². The van der Waals surface area contributed by atoms with Crippen LogP contribution in [0.4, 0.5) is 10.1 Å². The van der Waals surface area contributed by atoms with Crippen LogP contribution < -0.4 is 10.2 Å². The fraction of sp³-hybridized carbons (Fsp3) is 0.273. The summed E-state index contributed by atoms with van der Waals surface area (Å²) >= 11 is 0. The van der Waals surface area contributed by atoms with Gasteiger partial charge < -0.3 is 15.3 Å². The first-order chi connectivity index (χ1) is 8.11. The van der Waals surface area contributed by atoms with Crippen molar-refractivity contribution in [2.75, 3.05) is 18.1 Å². The smallest absolute Gasteiger partial charge is 0.251 e. The van der Waals surface area contributed by atoms with E-state index in [2.05, 4.69) is 5.32 Å². The molecule has 0 unspecified atom stereocenters. The molecule has 17 heavy (non-hydrogen) atoms. The molecule has 1 aromatic rings. The zero-order chi connectivity index (χ0) is 12.4. The molecule has 1 aliphatic heterocycles. The van der Waals surface area contributed by atoms with Crippen LogP contribution in [0.15, 0.2) is 24.3 Å². The van der Waals surface area contributed by atoms with E-state index in [1.165, 1.54) is 29.2 Å². The Kier molecular flexibility index (Phi) is 3.06. The number of β-lactam (4-membered cyclic amide) rings is 1. The van der Waals surface area contributed by atoms with E-state index < -0.39 is 18.6 Å². The van der Waals surface area contributed by atoms with Gasteiger partial charge in [-0.15, -0.1) is 0 Å². The molecule has 1 heterocycles. The number of hydrogen-bond donors (Lipinski definition) is 2. The summed E-state index contributed by atoms with van der Waals surface area (Å²) in [6.45, 7) is -0.309. The lowest BCUT2D eigenvalue weighted by atomic mass is 10.1. The lowest BCUT2D eigenvalue weighted by Crippen LogP contribution is -2.64. The summed E-state index contributed by atoms with van der Waals surface area (Å²) in [6, 6.07) is 4.93. The molecule has 1 saturated heterocycles. The first-order valence-electron chi connectivity index (χ1n) is 5.09. The second-order valence-electron chi connectivity index (χ2n) is 3.70. The largest absolute Gasteiger partial charge is 0.387 e. The minimum atomic E-state index is -0.639. The second kappa shape index (κ2) is 4.50. The van der Waals surface area contributed by atoms with Crippen molar-refractivity contribution in [1.82, 2.24) is 5.32 Å². The normalized spacial score (nSPS) is 18.8. The number of nitrogens with one attached hydrogen (secondary N) is 1. The van der Waals surface area contributed by atoms with E-state index >= 15 is 0 Å². The average Bonchev–Trinajstić information content (AvgIpc) is 2.34. The molecule has 90 valence electrons. The van der Waals surface area contributed by atoms with Crippen LogP contribution in [0, 0.1) is 5.82 Å². The molecule has 0 radical (unpaired) electrons. The molecular weight excluding hydrogens is 227 g/mol. The van der Waals surface area contributed by atoms with E-state index in [-0.39, 0.29) is 11.7 Å². The molecule has 1 aromatic carbocycles. The average molecular weight is 238 g/mol. The van der Waals surface area contributed by atoms with Gasteiger partial charge in [-0.1, -0.05) is 0 Å². The van der Waals surface area contributed by atoms with E-state index in [1.54, 1.807) is 0 Å². The number of carbonyl (C=O) groups excluding carboxylic acids is 2. The summed E-state index contributed by atoms with van der Waals surface area (Å²) in [5.74, 6) is -1.22. The number of hydrogen-bond acceptors (Lipinski definition) is 3. The molecule has 2 rings (SSSR count). The molecule has 1 fully saturated rings. The van der Waals surface area contributed by atoms with Gasteiger partial charge in [0.15, 0.2) is 0 Å². The van der Waals surface area contributed by atoms with Crippen LogP contribution in [0.3, 0.4) is 0 Å². The minimum absolute atomic E-state index is 0.265. The second-order valence-corrected chi connectivity index (χ2v) is 3.70. The van der Waals surface area contributed by atoms with E-state index in [4.69, 9.17) is 5.11 Å². The SMILES string of the molecule is O=C(CO)N[C@H]1CN(c2ccc(F)cc2)C1=O. The Morgan fingerprint density at radius 3 is 2.65 bits per heavy atom. The number of aliphatic hydroxyl groups excluding tert-OH is 1. The first kappa shape index (κ1) is 11.5. The van der Waals surface area contributed by atoms with Crippen molar-refractivity contribution in [3.63, 3.8) is 0 Å². The van der Waals surface area contributed by atoms with Crippen molar-refractivity contribution in [3.8, 4) is 0 Å². The van der Waals surface area contributed by atoms with Crippen molar-refractivity contribution in [3.05, 3.63) is 30.1 Å². The van der Waals surface area contributed by atoms with Crippen LogP contribution in [0.25, 0.3) is 0 Å². The summed E-state index contributed by atoms with van der Waals surface area (Å²) < 4.78 is 12.7. The Bertz CT molecular complexity index is 447. The van der Waals surface area contributed by atoms with Gasteiger partial charge in [0.25, 0.3) is 5.91 Å². The van der Waals surface area contributed by atoms with Crippen LogP contribution in [-0.2, 0) is 9.59 Å². The Hall–Kier alpha value is -1.95. The van der Waals surface area contributed by atoms with Crippen molar-refractivity contribution in [2.24, 2.45) is 0 Å². The number of halogens is 1. The predicted octanol–water partition coefficient (Wildman–Crippen LogP) is -0.351. The van der Waals surface area contributed by atoms with Gasteiger partial charge in [0, 0.05) is 5.69 Å². The number of anilines is 1. The molecule has 6 heteroatoms. The Morgan fingerprint density at radius 1 is 1.47 bits per heavy atom. The molecule has 2 amide bonds. The number of nitrogens with zero attached hydrogens (tertiary/aromatic N) is 1. The van der Waals surface area contributed by atoms with Gasteiger partial charge >= 0.3 is 0 Å². The van der Waals surface area contributed by atoms with Gasteiger partial charge in [0.1, 0.15) is 18.5 Å². The summed E-state index contributed by atoms with van der Waals surface area (Å²) in [6.07, 6.45) is 0. The van der Waals surface area contributed by atoms with Gasteiger partial charge in [0.2, 0.25) is 5.91 Å². The lowest BCUT2D eigenvalue weighted by Gasteiger charge is -2.38. The topological polar surface area (TPSA) is 69.6 Å². The monoisotopic (exact) mass is 238 g/mol. The fourth-order valence-electron chi connectivity index (χ4n) is 1.63. The highest BCUT2D eigenvalue weighted by Gasteiger charge is 2.38. The van der Waals surface area contributed by atoms with Crippen molar-refractivity contribution >= 4 is 17.5 Å². The van der Waals surface area contributed by atoms with Gasteiger partial charge in [-0.05, 0) is 24.3 Å². The third-order valence-electron chi connectivity index (χ3n) is 2.55. The molecule has 1 atom stereocenters. The van der Waals surface area contributed by atoms with Crippen molar-refractivity contribution in [1.29, 1.82) is 0 Å². The highest BCUT2D eigenvalue weighted by atomic mass is 19.1. The first-order valence-corrected chi connectivity index (χ1v) is 5.09. The number of amides is 2.